The number of fused-ring (bicyclic) bond motifs is 3. The zero-order valence-electron chi connectivity index (χ0n) is 15.3. The topological polar surface area (TPSA) is 86.3 Å². The predicted molar refractivity (Wildman–Crippen MR) is 105 cm³/mol. The third kappa shape index (κ3) is 2.64. The zero-order chi connectivity index (χ0) is 19.3. The lowest BCUT2D eigenvalue weighted by molar-refractivity contribution is -0.0479. The number of carbonyl (C=O) groups excluding carboxylic acids is 1. The van der Waals surface area contributed by atoms with Crippen molar-refractivity contribution in [1.29, 1.82) is 0 Å². The second-order valence-electron chi connectivity index (χ2n) is 7.87. The fourth-order valence-electron chi connectivity index (χ4n) is 4.88. The van der Waals surface area contributed by atoms with Gasteiger partial charge in [0.2, 0.25) is 0 Å². The summed E-state index contributed by atoms with van der Waals surface area (Å²) in [6.45, 7) is 0. The molecule has 142 valence electrons. The van der Waals surface area contributed by atoms with E-state index in [-0.39, 0.29) is 23.6 Å². The van der Waals surface area contributed by atoms with Crippen molar-refractivity contribution < 1.29 is 9.90 Å². The molecule has 2 atom stereocenters. The van der Waals surface area contributed by atoms with Crippen molar-refractivity contribution in [3.8, 4) is 0 Å². The van der Waals surface area contributed by atoms with Gasteiger partial charge in [0, 0.05) is 42.7 Å². The normalized spacial score (nSPS) is 26.5. The van der Waals surface area contributed by atoms with Crippen LogP contribution in [0.1, 0.15) is 41.6 Å². The van der Waals surface area contributed by atoms with Gasteiger partial charge in [0.05, 0.1) is 11.2 Å². The Morgan fingerprint density at radius 3 is 2.57 bits per heavy atom. The Morgan fingerprint density at radius 2 is 1.86 bits per heavy atom. The number of nitrogens with zero attached hydrogens (tertiary/aromatic N) is 2. The van der Waals surface area contributed by atoms with Crippen molar-refractivity contribution in [3.63, 3.8) is 0 Å². The maximum Gasteiger partial charge on any atom is 0.274 e. The monoisotopic (exact) mass is 375 g/mol. The van der Waals surface area contributed by atoms with Gasteiger partial charge >= 0.3 is 0 Å². The lowest BCUT2D eigenvalue weighted by Crippen LogP contribution is -2.52. The Hall–Kier alpha value is -2.99. The van der Waals surface area contributed by atoms with Gasteiger partial charge in [-0.2, -0.15) is 0 Å². The molecule has 0 aliphatic carbocycles. The molecule has 4 heterocycles. The van der Waals surface area contributed by atoms with Crippen LogP contribution in [0, 0.1) is 0 Å². The highest BCUT2D eigenvalue weighted by molar-refractivity contribution is 5.97. The number of piperidine rings is 1. The molecule has 1 aromatic carbocycles. The lowest BCUT2D eigenvalue weighted by atomic mass is 9.80. The average molecular weight is 375 g/mol. The van der Waals surface area contributed by atoms with Gasteiger partial charge < -0.3 is 15.0 Å². The van der Waals surface area contributed by atoms with Gasteiger partial charge in [-0.3, -0.25) is 9.59 Å². The predicted octanol–water partition coefficient (Wildman–Crippen LogP) is 2.58. The van der Waals surface area contributed by atoms with E-state index in [1.807, 2.05) is 35.2 Å². The first kappa shape index (κ1) is 17.1. The summed E-state index contributed by atoms with van der Waals surface area (Å²) in [6, 6.07) is 13.2. The number of nitrogens with one attached hydrogen (secondary N) is 1. The number of benzene rings is 1. The van der Waals surface area contributed by atoms with Crippen LogP contribution < -0.4 is 5.56 Å². The number of H-pyrrole nitrogens is 1. The van der Waals surface area contributed by atoms with Crippen molar-refractivity contribution in [3.05, 3.63) is 76.3 Å². The summed E-state index contributed by atoms with van der Waals surface area (Å²) in [7, 11) is 0. The molecule has 0 saturated carbocycles. The van der Waals surface area contributed by atoms with Crippen LogP contribution in [-0.4, -0.2) is 38.0 Å². The van der Waals surface area contributed by atoms with Gasteiger partial charge in [0.25, 0.3) is 11.5 Å². The van der Waals surface area contributed by atoms with Crippen molar-refractivity contribution in [2.75, 3.05) is 0 Å². The molecule has 2 aromatic heterocycles. The van der Waals surface area contributed by atoms with Gasteiger partial charge in [-0.05, 0) is 30.5 Å². The third-order valence-corrected chi connectivity index (χ3v) is 6.17. The summed E-state index contributed by atoms with van der Waals surface area (Å²) in [5.41, 5.74) is 0.589. The molecule has 2 unspecified atom stereocenters. The van der Waals surface area contributed by atoms with Crippen LogP contribution in [0.25, 0.3) is 10.9 Å². The van der Waals surface area contributed by atoms with E-state index in [4.69, 9.17) is 0 Å². The second-order valence-corrected chi connectivity index (χ2v) is 7.87. The van der Waals surface area contributed by atoms with Crippen LogP contribution in [0.5, 0.6) is 0 Å². The minimum atomic E-state index is -0.890. The molecule has 5 rings (SSSR count). The molecule has 6 heteroatoms. The van der Waals surface area contributed by atoms with Crippen LogP contribution >= 0.6 is 0 Å². The minimum Gasteiger partial charge on any atom is -0.385 e. The molecule has 2 saturated heterocycles. The van der Waals surface area contributed by atoms with E-state index in [0.29, 0.717) is 29.3 Å². The van der Waals surface area contributed by atoms with E-state index in [1.165, 1.54) is 6.20 Å². The fourth-order valence-corrected chi connectivity index (χ4v) is 4.88. The Balaban J connectivity index is 1.45. The van der Waals surface area contributed by atoms with Crippen molar-refractivity contribution in [2.45, 2.75) is 43.4 Å². The van der Waals surface area contributed by atoms with Crippen LogP contribution in [0.2, 0.25) is 0 Å². The highest BCUT2D eigenvalue weighted by Gasteiger charge is 2.50. The third-order valence-electron chi connectivity index (χ3n) is 6.17. The average Bonchev–Trinajstić information content (AvgIpc) is 3.00. The second kappa shape index (κ2) is 6.27. The number of amides is 1. The van der Waals surface area contributed by atoms with Crippen LogP contribution in [0.4, 0.5) is 0 Å². The van der Waals surface area contributed by atoms with E-state index >= 15 is 0 Å². The Labute approximate surface area is 161 Å². The van der Waals surface area contributed by atoms with Gasteiger partial charge in [-0.1, -0.05) is 30.3 Å². The van der Waals surface area contributed by atoms with Crippen molar-refractivity contribution >= 4 is 16.8 Å². The van der Waals surface area contributed by atoms with Gasteiger partial charge in [-0.15, -0.1) is 0 Å². The molecule has 2 N–H and O–H groups in total. The molecule has 0 radical (unpaired) electrons. The molecule has 6 nitrogen and oxygen atoms in total. The smallest absolute Gasteiger partial charge is 0.274 e. The first-order valence-corrected chi connectivity index (χ1v) is 9.63. The Kier molecular flexibility index (Phi) is 3.84. The minimum absolute atomic E-state index is 0.00586. The molecule has 2 aliphatic rings. The zero-order valence-corrected chi connectivity index (χ0v) is 15.3. The largest absolute Gasteiger partial charge is 0.385 e. The van der Waals surface area contributed by atoms with Crippen molar-refractivity contribution in [2.24, 2.45) is 0 Å². The quantitative estimate of drug-likeness (QED) is 0.721. The summed E-state index contributed by atoms with van der Waals surface area (Å²) in [6.07, 6.45) is 5.92. The number of pyridine rings is 2. The molecule has 2 aliphatic heterocycles. The first-order valence-electron chi connectivity index (χ1n) is 9.63. The van der Waals surface area contributed by atoms with E-state index < -0.39 is 5.60 Å². The number of aliphatic hydroxyl groups is 1. The van der Waals surface area contributed by atoms with Crippen LogP contribution in [0.3, 0.4) is 0 Å². The molecular formula is C22H21N3O3. The summed E-state index contributed by atoms with van der Waals surface area (Å²) < 4.78 is 0. The molecular weight excluding hydrogens is 354 g/mol. The first-order chi connectivity index (χ1) is 13.5. The standard InChI is InChI=1S/C22H21N3O3/c26-20-19-14(8-9-23-20)10-15(13-24-19)21(27)25-17-6-7-18(25)12-22(28,11-17)16-4-2-1-3-5-16/h1-5,8-10,13,17-18,28H,6-7,11-12H2,(H,23,26). The number of hydrogen-bond donors (Lipinski definition) is 2. The molecule has 2 fully saturated rings. The van der Waals surface area contributed by atoms with E-state index in [2.05, 4.69) is 9.97 Å². The van der Waals surface area contributed by atoms with E-state index in [9.17, 15) is 14.7 Å². The van der Waals surface area contributed by atoms with Crippen LogP contribution in [-0.2, 0) is 5.60 Å². The number of aromatic amines is 1. The number of aromatic nitrogens is 2. The molecule has 3 aromatic rings. The van der Waals surface area contributed by atoms with Gasteiger partial charge in [0.1, 0.15) is 5.52 Å². The lowest BCUT2D eigenvalue weighted by Gasteiger charge is -2.44. The highest BCUT2D eigenvalue weighted by atomic mass is 16.3. The maximum atomic E-state index is 13.3. The number of carbonyl (C=O) groups is 1. The summed E-state index contributed by atoms with van der Waals surface area (Å²) in [5, 5.41) is 11.9. The van der Waals surface area contributed by atoms with E-state index in [0.717, 1.165) is 18.4 Å². The Bertz CT molecular complexity index is 1090. The highest BCUT2D eigenvalue weighted by Crippen LogP contribution is 2.46. The summed E-state index contributed by atoms with van der Waals surface area (Å²) in [5.74, 6) is -0.0720. The fraction of sp³-hybridized carbons (Fsp3) is 0.318. The van der Waals surface area contributed by atoms with Gasteiger partial charge in [-0.25, -0.2) is 4.98 Å². The SMILES string of the molecule is O=C(c1cnc2c(=O)[nH]ccc2c1)N1C2CCC1CC(O)(c1ccccc1)C2. The summed E-state index contributed by atoms with van der Waals surface area (Å²) in [4.78, 5) is 33.8. The van der Waals surface area contributed by atoms with Gasteiger partial charge in [0.15, 0.2) is 0 Å². The number of rotatable bonds is 2. The molecule has 2 bridgehead atoms. The number of hydrogen-bond acceptors (Lipinski definition) is 4. The Morgan fingerprint density at radius 1 is 1.14 bits per heavy atom. The maximum absolute atomic E-state index is 13.3. The molecule has 28 heavy (non-hydrogen) atoms. The molecule has 0 spiro atoms. The van der Waals surface area contributed by atoms with Crippen LogP contribution in [0.15, 0.2) is 59.7 Å². The van der Waals surface area contributed by atoms with E-state index in [1.54, 1.807) is 18.3 Å². The van der Waals surface area contributed by atoms with Crippen molar-refractivity contribution in [1.82, 2.24) is 14.9 Å². The molecule has 1 amide bonds. The summed E-state index contributed by atoms with van der Waals surface area (Å²) >= 11 is 0.